The lowest BCUT2D eigenvalue weighted by Gasteiger charge is -2.45. The molecule has 0 aromatic heterocycles. The Morgan fingerprint density at radius 3 is 2.65 bits per heavy atom. The quantitative estimate of drug-likeness (QED) is 0.805. The lowest BCUT2D eigenvalue weighted by Crippen LogP contribution is -2.61. The summed E-state index contributed by atoms with van der Waals surface area (Å²) in [4.78, 5) is 25.9. The minimum absolute atomic E-state index is 0.0308. The van der Waals surface area contributed by atoms with E-state index in [1.165, 1.54) is 0 Å². The molecule has 0 bridgehead atoms. The molecule has 0 saturated carbocycles. The van der Waals surface area contributed by atoms with Gasteiger partial charge in [-0.3, -0.25) is 4.79 Å². The number of piperidine rings is 2. The molecule has 3 unspecified atom stereocenters. The monoisotopic (exact) mass is 282 g/mol. The minimum Gasteiger partial charge on any atom is -0.480 e. The second-order valence-corrected chi connectivity index (χ2v) is 7.00. The van der Waals surface area contributed by atoms with Gasteiger partial charge in [0.1, 0.15) is 6.04 Å². The number of nitrogens with zero attached hydrogens (tertiary/aromatic N) is 1. The molecule has 2 aliphatic heterocycles. The van der Waals surface area contributed by atoms with Crippen LogP contribution in [0.2, 0.25) is 0 Å². The molecule has 3 atom stereocenters. The van der Waals surface area contributed by atoms with E-state index in [0.29, 0.717) is 12.5 Å². The molecule has 2 heterocycles. The van der Waals surface area contributed by atoms with Crippen LogP contribution in [0, 0.1) is 11.3 Å². The van der Waals surface area contributed by atoms with E-state index in [0.717, 1.165) is 32.2 Å². The summed E-state index contributed by atoms with van der Waals surface area (Å²) >= 11 is 0. The molecular weight excluding hydrogens is 256 g/mol. The summed E-state index contributed by atoms with van der Waals surface area (Å²) in [5.74, 6) is -0.394. The van der Waals surface area contributed by atoms with Crippen molar-refractivity contribution in [1.29, 1.82) is 0 Å². The first-order chi connectivity index (χ1) is 9.33. The number of rotatable bonds is 2. The third-order valence-corrected chi connectivity index (χ3v) is 4.75. The molecule has 2 rings (SSSR count). The highest BCUT2D eigenvalue weighted by molar-refractivity contribution is 5.87. The van der Waals surface area contributed by atoms with E-state index in [4.69, 9.17) is 0 Å². The molecule has 0 aliphatic carbocycles. The highest BCUT2D eigenvalue weighted by atomic mass is 16.4. The molecule has 2 N–H and O–H groups in total. The summed E-state index contributed by atoms with van der Waals surface area (Å²) in [5.41, 5.74) is -0.361. The number of carboxylic acids is 1. The Morgan fingerprint density at radius 2 is 2.05 bits per heavy atom. The molecule has 2 fully saturated rings. The van der Waals surface area contributed by atoms with E-state index < -0.39 is 12.0 Å². The van der Waals surface area contributed by atoms with E-state index in [9.17, 15) is 14.7 Å². The SMILES string of the molecule is CC1CCNC(C(=O)N2CCCC(C)(C)C2C(=O)O)C1. The van der Waals surface area contributed by atoms with Gasteiger partial charge in [-0.15, -0.1) is 0 Å². The predicted molar refractivity (Wildman–Crippen MR) is 76.3 cm³/mol. The van der Waals surface area contributed by atoms with Gasteiger partial charge in [0.05, 0.1) is 6.04 Å². The fourth-order valence-electron chi connectivity index (χ4n) is 3.59. The summed E-state index contributed by atoms with van der Waals surface area (Å²) < 4.78 is 0. The van der Waals surface area contributed by atoms with Crippen molar-refractivity contribution in [2.45, 2.75) is 58.5 Å². The van der Waals surface area contributed by atoms with Gasteiger partial charge in [0.25, 0.3) is 0 Å². The third-order valence-electron chi connectivity index (χ3n) is 4.75. The lowest BCUT2D eigenvalue weighted by molar-refractivity contribution is -0.160. The van der Waals surface area contributed by atoms with Crippen molar-refractivity contribution in [3.8, 4) is 0 Å². The number of hydrogen-bond acceptors (Lipinski definition) is 3. The first-order valence-corrected chi connectivity index (χ1v) is 7.59. The minimum atomic E-state index is -0.882. The zero-order chi connectivity index (χ0) is 14.9. The zero-order valence-electron chi connectivity index (χ0n) is 12.7. The Labute approximate surface area is 120 Å². The molecule has 1 amide bonds. The maximum absolute atomic E-state index is 12.7. The smallest absolute Gasteiger partial charge is 0.326 e. The molecule has 0 spiro atoms. The van der Waals surface area contributed by atoms with Crippen molar-refractivity contribution in [2.24, 2.45) is 11.3 Å². The molecule has 0 radical (unpaired) electrons. The Kier molecular flexibility index (Phi) is 4.37. The Hall–Kier alpha value is -1.10. The highest BCUT2D eigenvalue weighted by Crippen LogP contribution is 2.36. The number of aliphatic carboxylic acids is 1. The van der Waals surface area contributed by atoms with Crippen molar-refractivity contribution in [1.82, 2.24) is 10.2 Å². The molecule has 0 aromatic carbocycles. The standard InChI is InChI=1S/C15H26N2O3/c1-10-5-7-16-11(9-10)13(18)17-8-4-6-15(2,3)12(17)14(19)20/h10-12,16H,4-9H2,1-3H3,(H,19,20). The van der Waals surface area contributed by atoms with Crippen LogP contribution in [0.4, 0.5) is 0 Å². The number of nitrogens with one attached hydrogen (secondary N) is 1. The van der Waals surface area contributed by atoms with Crippen LogP contribution in [0.3, 0.4) is 0 Å². The average Bonchev–Trinajstić information content (AvgIpc) is 2.35. The number of hydrogen-bond donors (Lipinski definition) is 2. The van der Waals surface area contributed by atoms with Crippen LogP contribution >= 0.6 is 0 Å². The molecule has 2 aliphatic rings. The van der Waals surface area contributed by atoms with Gasteiger partial charge in [0.15, 0.2) is 0 Å². The molecule has 2 saturated heterocycles. The van der Waals surface area contributed by atoms with Crippen LogP contribution in [-0.4, -0.2) is 47.1 Å². The van der Waals surface area contributed by atoms with Gasteiger partial charge >= 0.3 is 5.97 Å². The largest absolute Gasteiger partial charge is 0.480 e. The second kappa shape index (κ2) is 5.72. The Balaban J connectivity index is 2.16. The summed E-state index contributed by atoms with van der Waals surface area (Å²) in [5, 5.41) is 12.8. The van der Waals surface area contributed by atoms with E-state index in [1.807, 2.05) is 13.8 Å². The molecule has 114 valence electrons. The van der Waals surface area contributed by atoms with Crippen LogP contribution in [0.1, 0.15) is 46.5 Å². The number of amides is 1. The van der Waals surface area contributed by atoms with Gasteiger partial charge in [-0.05, 0) is 43.6 Å². The predicted octanol–water partition coefficient (Wildman–Crippen LogP) is 1.48. The first-order valence-electron chi connectivity index (χ1n) is 7.59. The maximum Gasteiger partial charge on any atom is 0.326 e. The lowest BCUT2D eigenvalue weighted by atomic mass is 9.76. The van der Waals surface area contributed by atoms with Gasteiger partial charge < -0.3 is 15.3 Å². The van der Waals surface area contributed by atoms with Crippen molar-refractivity contribution >= 4 is 11.9 Å². The average molecular weight is 282 g/mol. The van der Waals surface area contributed by atoms with Crippen LogP contribution < -0.4 is 5.32 Å². The van der Waals surface area contributed by atoms with E-state index in [1.54, 1.807) is 4.90 Å². The third kappa shape index (κ3) is 2.97. The maximum atomic E-state index is 12.7. The van der Waals surface area contributed by atoms with Crippen molar-refractivity contribution < 1.29 is 14.7 Å². The highest BCUT2D eigenvalue weighted by Gasteiger charge is 2.46. The fourth-order valence-corrected chi connectivity index (χ4v) is 3.59. The number of carbonyl (C=O) groups is 2. The van der Waals surface area contributed by atoms with Crippen LogP contribution in [0.15, 0.2) is 0 Å². The van der Waals surface area contributed by atoms with Crippen LogP contribution in [0.25, 0.3) is 0 Å². The number of carbonyl (C=O) groups excluding carboxylic acids is 1. The second-order valence-electron chi connectivity index (χ2n) is 7.00. The molecule has 20 heavy (non-hydrogen) atoms. The van der Waals surface area contributed by atoms with Gasteiger partial charge in [-0.25, -0.2) is 4.79 Å². The van der Waals surface area contributed by atoms with Gasteiger partial charge in [-0.2, -0.15) is 0 Å². The summed E-state index contributed by atoms with van der Waals surface area (Å²) in [6.45, 7) is 7.44. The summed E-state index contributed by atoms with van der Waals surface area (Å²) in [7, 11) is 0. The van der Waals surface area contributed by atoms with Crippen molar-refractivity contribution in [3.05, 3.63) is 0 Å². The van der Waals surface area contributed by atoms with E-state index >= 15 is 0 Å². The van der Waals surface area contributed by atoms with Crippen LogP contribution in [0.5, 0.6) is 0 Å². The zero-order valence-corrected chi connectivity index (χ0v) is 12.7. The van der Waals surface area contributed by atoms with Crippen LogP contribution in [-0.2, 0) is 9.59 Å². The fraction of sp³-hybridized carbons (Fsp3) is 0.867. The topological polar surface area (TPSA) is 69.6 Å². The summed E-state index contributed by atoms with van der Waals surface area (Å²) in [6.07, 6.45) is 3.62. The molecule has 5 nitrogen and oxygen atoms in total. The van der Waals surface area contributed by atoms with Gasteiger partial charge in [0, 0.05) is 6.54 Å². The molecule has 5 heteroatoms. The van der Waals surface area contributed by atoms with Crippen molar-refractivity contribution in [3.63, 3.8) is 0 Å². The van der Waals surface area contributed by atoms with Gasteiger partial charge in [0.2, 0.25) is 5.91 Å². The Morgan fingerprint density at radius 1 is 1.35 bits per heavy atom. The summed E-state index contributed by atoms with van der Waals surface area (Å²) in [6, 6.07) is -0.919. The van der Waals surface area contributed by atoms with E-state index in [-0.39, 0.29) is 17.4 Å². The number of carboxylic acid groups (broad SMARTS) is 1. The molecular formula is C15H26N2O3. The van der Waals surface area contributed by atoms with Gasteiger partial charge in [-0.1, -0.05) is 20.8 Å². The first kappa shape index (κ1) is 15.3. The Bertz CT molecular complexity index is 395. The number of likely N-dealkylation sites (tertiary alicyclic amines) is 1. The normalized spacial score (nSPS) is 33.8. The van der Waals surface area contributed by atoms with Crippen molar-refractivity contribution in [2.75, 3.05) is 13.1 Å². The van der Waals surface area contributed by atoms with E-state index in [2.05, 4.69) is 12.2 Å². The molecule has 0 aromatic rings.